The molecule has 3 rings (SSSR count). The number of nitrogens with zero attached hydrogens (tertiary/aromatic N) is 2. The van der Waals surface area contributed by atoms with Gasteiger partial charge in [-0.15, -0.1) is 0 Å². The highest BCUT2D eigenvalue weighted by molar-refractivity contribution is 9.10. The summed E-state index contributed by atoms with van der Waals surface area (Å²) in [6.07, 6.45) is 0. The molecule has 2 heterocycles. The van der Waals surface area contributed by atoms with Gasteiger partial charge < -0.3 is 4.74 Å². The van der Waals surface area contributed by atoms with Crippen molar-refractivity contribution in [3.8, 4) is 0 Å². The van der Waals surface area contributed by atoms with Gasteiger partial charge in [0, 0.05) is 25.0 Å². The number of hydrogen-bond donors (Lipinski definition) is 0. The summed E-state index contributed by atoms with van der Waals surface area (Å²) >= 11 is 3.40. The van der Waals surface area contributed by atoms with Crippen LogP contribution in [0.2, 0.25) is 0 Å². The van der Waals surface area contributed by atoms with Crippen LogP contribution in [0, 0.1) is 0 Å². The summed E-state index contributed by atoms with van der Waals surface area (Å²) < 4.78 is 6.25. The van der Waals surface area contributed by atoms with Gasteiger partial charge in [0.15, 0.2) is 0 Å². The van der Waals surface area contributed by atoms with Gasteiger partial charge in [-0.3, -0.25) is 4.90 Å². The predicted molar refractivity (Wildman–Crippen MR) is 75.5 cm³/mol. The molecular weight excluding hydrogens is 292 g/mol. The molecule has 0 unspecified atom stereocenters. The zero-order chi connectivity index (χ0) is 12.4. The van der Waals surface area contributed by atoms with Crippen molar-refractivity contribution < 1.29 is 4.74 Å². The normalized spacial score (nSPS) is 17.2. The Morgan fingerprint density at radius 3 is 2.83 bits per heavy atom. The molecule has 1 saturated heterocycles. The molecule has 1 aromatic carbocycles. The van der Waals surface area contributed by atoms with Gasteiger partial charge in [0.25, 0.3) is 0 Å². The number of halogens is 1. The largest absolute Gasteiger partial charge is 0.379 e. The van der Waals surface area contributed by atoms with Crippen molar-refractivity contribution in [3.05, 3.63) is 40.5 Å². The van der Waals surface area contributed by atoms with E-state index >= 15 is 0 Å². The Morgan fingerprint density at radius 2 is 2.00 bits per heavy atom. The van der Waals surface area contributed by atoms with Gasteiger partial charge in [-0.2, -0.15) is 0 Å². The van der Waals surface area contributed by atoms with Crippen LogP contribution < -0.4 is 0 Å². The minimum atomic E-state index is 0.849. The first-order chi connectivity index (χ1) is 8.81. The molecule has 0 radical (unpaired) electrons. The molecule has 94 valence electrons. The molecule has 0 atom stereocenters. The van der Waals surface area contributed by atoms with Crippen LogP contribution in [0.1, 0.15) is 5.56 Å². The second kappa shape index (κ2) is 5.34. The molecule has 18 heavy (non-hydrogen) atoms. The Hall–Kier alpha value is -0.970. The molecular formula is C14H15BrN2O. The maximum atomic E-state index is 5.36. The van der Waals surface area contributed by atoms with E-state index in [0.717, 1.165) is 43.0 Å². The van der Waals surface area contributed by atoms with E-state index < -0.39 is 0 Å². The minimum absolute atomic E-state index is 0.849. The molecule has 4 heteroatoms. The zero-order valence-electron chi connectivity index (χ0n) is 10.1. The second-order valence-electron chi connectivity index (χ2n) is 4.55. The smallest absolute Gasteiger partial charge is 0.106 e. The minimum Gasteiger partial charge on any atom is -0.379 e. The van der Waals surface area contributed by atoms with E-state index in [1.165, 1.54) is 10.9 Å². The number of rotatable bonds is 2. The number of fused-ring (bicyclic) bond motifs is 1. The van der Waals surface area contributed by atoms with E-state index in [4.69, 9.17) is 4.74 Å². The SMILES string of the molecule is Brc1ccc2cc(CN3CCOCC3)ccc2n1. The molecule has 1 aliphatic rings. The lowest BCUT2D eigenvalue weighted by molar-refractivity contribution is 0.0342. The van der Waals surface area contributed by atoms with Gasteiger partial charge in [0.05, 0.1) is 18.7 Å². The highest BCUT2D eigenvalue weighted by Crippen LogP contribution is 2.18. The van der Waals surface area contributed by atoms with E-state index in [1.54, 1.807) is 0 Å². The second-order valence-corrected chi connectivity index (χ2v) is 5.36. The maximum Gasteiger partial charge on any atom is 0.106 e. The Balaban J connectivity index is 1.82. The van der Waals surface area contributed by atoms with E-state index in [0.29, 0.717) is 0 Å². The molecule has 0 saturated carbocycles. The van der Waals surface area contributed by atoms with Crippen LogP contribution in [-0.4, -0.2) is 36.2 Å². The van der Waals surface area contributed by atoms with Gasteiger partial charge in [0.2, 0.25) is 0 Å². The quantitative estimate of drug-likeness (QED) is 0.798. The molecule has 1 aromatic heterocycles. The predicted octanol–water partition coefficient (Wildman–Crippen LogP) is 2.83. The number of benzene rings is 1. The van der Waals surface area contributed by atoms with Crippen LogP contribution in [0.4, 0.5) is 0 Å². The van der Waals surface area contributed by atoms with Crippen molar-refractivity contribution in [2.75, 3.05) is 26.3 Å². The van der Waals surface area contributed by atoms with Crippen LogP contribution in [0.3, 0.4) is 0 Å². The molecule has 0 bridgehead atoms. The van der Waals surface area contributed by atoms with Crippen LogP contribution in [0.5, 0.6) is 0 Å². The van der Waals surface area contributed by atoms with Crippen molar-refractivity contribution in [2.45, 2.75) is 6.54 Å². The fraction of sp³-hybridized carbons (Fsp3) is 0.357. The van der Waals surface area contributed by atoms with E-state index in [-0.39, 0.29) is 0 Å². The summed E-state index contributed by atoms with van der Waals surface area (Å²) in [7, 11) is 0. The monoisotopic (exact) mass is 306 g/mol. The number of morpholine rings is 1. The Morgan fingerprint density at radius 1 is 1.17 bits per heavy atom. The van der Waals surface area contributed by atoms with Gasteiger partial charge in [-0.25, -0.2) is 4.98 Å². The number of aromatic nitrogens is 1. The number of hydrogen-bond acceptors (Lipinski definition) is 3. The molecule has 0 aliphatic carbocycles. The zero-order valence-corrected chi connectivity index (χ0v) is 11.7. The summed E-state index contributed by atoms with van der Waals surface area (Å²) in [6, 6.07) is 10.6. The third-order valence-corrected chi connectivity index (χ3v) is 3.67. The lowest BCUT2D eigenvalue weighted by Gasteiger charge is -2.26. The Kier molecular flexibility index (Phi) is 3.59. The van der Waals surface area contributed by atoms with Gasteiger partial charge >= 0.3 is 0 Å². The van der Waals surface area contributed by atoms with Crippen molar-refractivity contribution in [1.29, 1.82) is 0 Å². The van der Waals surface area contributed by atoms with E-state index in [9.17, 15) is 0 Å². The number of pyridine rings is 1. The Bertz CT molecular complexity index is 552. The molecule has 1 fully saturated rings. The molecule has 1 aliphatic heterocycles. The van der Waals surface area contributed by atoms with Gasteiger partial charge in [0.1, 0.15) is 4.60 Å². The highest BCUT2D eigenvalue weighted by atomic mass is 79.9. The van der Waals surface area contributed by atoms with Crippen LogP contribution in [0.15, 0.2) is 34.9 Å². The average Bonchev–Trinajstić information content (AvgIpc) is 2.40. The first-order valence-corrected chi connectivity index (χ1v) is 6.96. The lowest BCUT2D eigenvalue weighted by atomic mass is 10.1. The topological polar surface area (TPSA) is 25.4 Å². The first kappa shape index (κ1) is 12.1. The summed E-state index contributed by atoms with van der Waals surface area (Å²) in [5.41, 5.74) is 2.38. The summed E-state index contributed by atoms with van der Waals surface area (Å²) in [5.74, 6) is 0. The third-order valence-electron chi connectivity index (χ3n) is 3.23. The summed E-state index contributed by atoms with van der Waals surface area (Å²) in [6.45, 7) is 4.74. The van der Waals surface area contributed by atoms with Crippen molar-refractivity contribution in [1.82, 2.24) is 9.88 Å². The van der Waals surface area contributed by atoms with Gasteiger partial charge in [-0.1, -0.05) is 12.1 Å². The molecule has 0 spiro atoms. The standard InChI is InChI=1S/C14H15BrN2O/c15-14-4-2-12-9-11(1-3-13(12)16-14)10-17-5-7-18-8-6-17/h1-4,9H,5-8,10H2. The first-order valence-electron chi connectivity index (χ1n) is 6.16. The summed E-state index contributed by atoms with van der Waals surface area (Å²) in [4.78, 5) is 6.87. The number of ether oxygens (including phenoxy) is 1. The molecule has 3 nitrogen and oxygen atoms in total. The molecule has 2 aromatic rings. The van der Waals surface area contributed by atoms with Crippen molar-refractivity contribution >= 4 is 26.8 Å². The highest BCUT2D eigenvalue weighted by Gasteiger charge is 2.10. The molecule has 0 amide bonds. The fourth-order valence-corrected chi connectivity index (χ4v) is 2.59. The van der Waals surface area contributed by atoms with Crippen molar-refractivity contribution in [2.24, 2.45) is 0 Å². The Labute approximate surface area is 115 Å². The lowest BCUT2D eigenvalue weighted by Crippen LogP contribution is -2.35. The fourth-order valence-electron chi connectivity index (χ4n) is 2.27. The molecule has 0 N–H and O–H groups in total. The van der Waals surface area contributed by atoms with Crippen LogP contribution >= 0.6 is 15.9 Å². The summed E-state index contributed by atoms with van der Waals surface area (Å²) in [5, 5.41) is 1.20. The van der Waals surface area contributed by atoms with Crippen LogP contribution in [-0.2, 0) is 11.3 Å². The third kappa shape index (κ3) is 2.71. The maximum absolute atomic E-state index is 5.36. The van der Waals surface area contributed by atoms with Gasteiger partial charge in [-0.05, 0) is 39.7 Å². The average molecular weight is 307 g/mol. The van der Waals surface area contributed by atoms with E-state index in [2.05, 4.69) is 50.1 Å². The van der Waals surface area contributed by atoms with Crippen molar-refractivity contribution in [3.63, 3.8) is 0 Å². The van der Waals surface area contributed by atoms with E-state index in [1.807, 2.05) is 6.07 Å². The van der Waals surface area contributed by atoms with Crippen LogP contribution in [0.25, 0.3) is 10.9 Å².